The Kier molecular flexibility index (Phi) is 7.29. The van der Waals surface area contributed by atoms with Crippen LogP contribution in [0.15, 0.2) is 59.5 Å². The number of nitrogens with one attached hydrogen (secondary N) is 2. The minimum Gasteiger partial charge on any atom is -0.480 e. The molecule has 1 amide bonds. The molecule has 0 saturated heterocycles. The van der Waals surface area contributed by atoms with Gasteiger partial charge in [0.05, 0.1) is 11.9 Å². The van der Waals surface area contributed by atoms with Crippen LogP contribution in [0.1, 0.15) is 19.4 Å². The summed E-state index contributed by atoms with van der Waals surface area (Å²) < 4.78 is 6.42. The van der Waals surface area contributed by atoms with Crippen molar-refractivity contribution in [2.75, 3.05) is 11.1 Å². The number of carboxylic acid groups (broad SMARTS) is 1. The van der Waals surface area contributed by atoms with Crippen LogP contribution in [0.25, 0.3) is 11.3 Å². The van der Waals surface area contributed by atoms with Crippen LogP contribution < -0.4 is 26.7 Å². The highest BCUT2D eigenvalue weighted by atomic mass is 16.6. The largest absolute Gasteiger partial charge is 0.480 e. The van der Waals surface area contributed by atoms with Crippen molar-refractivity contribution in [1.82, 2.24) is 14.9 Å². The molecule has 172 valence electrons. The Bertz CT molecular complexity index is 1210. The van der Waals surface area contributed by atoms with Gasteiger partial charge in [-0.25, -0.2) is 9.78 Å². The summed E-state index contributed by atoms with van der Waals surface area (Å²) in [6, 6.07) is 13.7. The fourth-order valence-corrected chi connectivity index (χ4v) is 3.13. The molecule has 0 unspecified atom stereocenters. The van der Waals surface area contributed by atoms with Crippen molar-refractivity contribution in [3.63, 3.8) is 0 Å². The number of hydrogen-bond acceptors (Lipinski definition) is 7. The van der Waals surface area contributed by atoms with Gasteiger partial charge in [0, 0.05) is 29.9 Å². The Morgan fingerprint density at radius 1 is 1.18 bits per heavy atom. The normalized spacial score (nSPS) is 10.6. The predicted molar refractivity (Wildman–Crippen MR) is 124 cm³/mol. The van der Waals surface area contributed by atoms with E-state index in [1.165, 1.54) is 18.3 Å². The van der Waals surface area contributed by atoms with Crippen LogP contribution in [0.3, 0.4) is 0 Å². The first-order chi connectivity index (χ1) is 15.7. The first-order valence-corrected chi connectivity index (χ1v) is 10.2. The van der Waals surface area contributed by atoms with Gasteiger partial charge in [0.2, 0.25) is 0 Å². The topological polar surface area (TPSA) is 149 Å². The zero-order valence-electron chi connectivity index (χ0n) is 18.2. The molecule has 2 aromatic carbocycles. The maximum Gasteiger partial charge on any atom is 0.412 e. The van der Waals surface area contributed by atoms with E-state index in [2.05, 4.69) is 15.6 Å². The van der Waals surface area contributed by atoms with E-state index in [0.29, 0.717) is 5.56 Å². The predicted octanol–water partition coefficient (Wildman–Crippen LogP) is 2.69. The maximum atomic E-state index is 12.8. The molecule has 1 aromatic heterocycles. The van der Waals surface area contributed by atoms with Crippen molar-refractivity contribution in [3.05, 3.63) is 70.6 Å². The minimum absolute atomic E-state index is 0.0377. The number of aromatic nitrogens is 2. The standard InChI is InChI=1S/C23H25N5O5/c1-14(2)27-21-22(31)28(13-20(29)30)19(12-25-21)16-8-17(24)10-18(9-16)33-23(32)26-11-15-6-4-3-5-7-15/h3-10,12,14H,11,13,24H2,1-2H3,(H,25,27)(H,26,32)(H,29,30). The Morgan fingerprint density at radius 3 is 2.58 bits per heavy atom. The Morgan fingerprint density at radius 2 is 1.91 bits per heavy atom. The second kappa shape index (κ2) is 10.3. The van der Waals surface area contributed by atoms with Gasteiger partial charge in [-0.3, -0.25) is 14.2 Å². The number of hydrogen-bond donors (Lipinski definition) is 4. The highest BCUT2D eigenvalue weighted by Crippen LogP contribution is 2.27. The van der Waals surface area contributed by atoms with Crippen LogP contribution in [0.2, 0.25) is 0 Å². The molecular weight excluding hydrogens is 426 g/mol. The third-order valence-electron chi connectivity index (χ3n) is 4.49. The molecule has 0 fully saturated rings. The highest BCUT2D eigenvalue weighted by molar-refractivity contribution is 5.74. The second-order valence-electron chi connectivity index (χ2n) is 7.60. The average Bonchev–Trinajstić information content (AvgIpc) is 2.75. The van der Waals surface area contributed by atoms with Crippen LogP contribution in [0, 0.1) is 0 Å². The number of amides is 1. The van der Waals surface area contributed by atoms with E-state index >= 15 is 0 Å². The number of rotatable bonds is 8. The summed E-state index contributed by atoms with van der Waals surface area (Å²) in [5, 5.41) is 14.9. The number of carbonyl (C=O) groups excluding carboxylic acids is 1. The van der Waals surface area contributed by atoms with Crippen molar-refractivity contribution < 1.29 is 19.4 Å². The van der Waals surface area contributed by atoms with E-state index in [-0.39, 0.29) is 35.5 Å². The molecule has 0 saturated carbocycles. The molecule has 0 aliphatic rings. The molecular formula is C23H25N5O5. The summed E-state index contributed by atoms with van der Waals surface area (Å²) in [6.07, 6.45) is 0.691. The number of nitrogens with zero attached hydrogens (tertiary/aromatic N) is 2. The van der Waals surface area contributed by atoms with Crippen LogP contribution in [0.5, 0.6) is 5.75 Å². The van der Waals surface area contributed by atoms with Gasteiger partial charge in [-0.1, -0.05) is 30.3 Å². The van der Waals surface area contributed by atoms with Crippen molar-refractivity contribution in [2.24, 2.45) is 0 Å². The van der Waals surface area contributed by atoms with Crippen LogP contribution in [0.4, 0.5) is 16.3 Å². The number of carbonyl (C=O) groups is 2. The van der Waals surface area contributed by atoms with Crippen LogP contribution >= 0.6 is 0 Å². The molecule has 5 N–H and O–H groups in total. The van der Waals surface area contributed by atoms with E-state index in [1.807, 2.05) is 44.2 Å². The number of nitrogen functional groups attached to an aromatic ring is 1. The molecule has 10 nitrogen and oxygen atoms in total. The van der Waals surface area contributed by atoms with Gasteiger partial charge in [0.25, 0.3) is 5.56 Å². The lowest BCUT2D eigenvalue weighted by molar-refractivity contribution is -0.137. The first-order valence-electron chi connectivity index (χ1n) is 10.2. The van der Waals surface area contributed by atoms with Gasteiger partial charge < -0.3 is 26.2 Å². The summed E-state index contributed by atoms with van der Waals surface area (Å²) in [7, 11) is 0. The molecule has 0 spiro atoms. The molecule has 0 aliphatic carbocycles. The monoisotopic (exact) mass is 451 g/mol. The lowest BCUT2D eigenvalue weighted by Crippen LogP contribution is -2.30. The molecule has 33 heavy (non-hydrogen) atoms. The Balaban J connectivity index is 1.89. The van der Waals surface area contributed by atoms with Crippen molar-refractivity contribution in [2.45, 2.75) is 33.0 Å². The van der Waals surface area contributed by atoms with E-state index in [9.17, 15) is 19.5 Å². The Hall–Kier alpha value is -4.34. The number of ether oxygens (including phenoxy) is 1. The molecule has 3 rings (SSSR count). The minimum atomic E-state index is -1.19. The smallest absolute Gasteiger partial charge is 0.412 e. The van der Waals surface area contributed by atoms with Gasteiger partial charge in [0.15, 0.2) is 5.82 Å². The number of nitrogens with two attached hydrogens (primary N) is 1. The van der Waals surface area contributed by atoms with Crippen molar-refractivity contribution in [3.8, 4) is 17.0 Å². The number of benzene rings is 2. The molecule has 3 aromatic rings. The van der Waals surface area contributed by atoms with E-state index < -0.39 is 24.2 Å². The van der Waals surface area contributed by atoms with Crippen LogP contribution in [-0.4, -0.2) is 32.8 Å². The molecule has 10 heteroatoms. The van der Waals surface area contributed by atoms with Gasteiger partial charge in [-0.05, 0) is 31.5 Å². The molecule has 0 atom stereocenters. The molecule has 1 heterocycles. The second-order valence-corrected chi connectivity index (χ2v) is 7.60. The zero-order valence-corrected chi connectivity index (χ0v) is 18.2. The zero-order chi connectivity index (χ0) is 24.0. The molecule has 0 bridgehead atoms. The first kappa shape index (κ1) is 23.3. The van der Waals surface area contributed by atoms with Crippen molar-refractivity contribution >= 4 is 23.6 Å². The van der Waals surface area contributed by atoms with Gasteiger partial charge in [0.1, 0.15) is 12.3 Å². The highest BCUT2D eigenvalue weighted by Gasteiger charge is 2.17. The van der Waals surface area contributed by atoms with Crippen LogP contribution in [-0.2, 0) is 17.9 Å². The average molecular weight is 451 g/mol. The maximum absolute atomic E-state index is 12.8. The van der Waals surface area contributed by atoms with Gasteiger partial charge >= 0.3 is 12.1 Å². The van der Waals surface area contributed by atoms with E-state index in [0.717, 1.165) is 10.1 Å². The third-order valence-corrected chi connectivity index (χ3v) is 4.49. The Labute approximate surface area is 190 Å². The third kappa shape index (κ3) is 6.33. The molecule has 0 aliphatic heterocycles. The lowest BCUT2D eigenvalue weighted by Gasteiger charge is -2.16. The van der Waals surface area contributed by atoms with E-state index in [1.54, 1.807) is 6.07 Å². The summed E-state index contributed by atoms with van der Waals surface area (Å²) >= 11 is 0. The fraction of sp³-hybridized carbons (Fsp3) is 0.217. The summed E-state index contributed by atoms with van der Waals surface area (Å²) in [5.41, 5.74) is 7.15. The van der Waals surface area contributed by atoms with Gasteiger partial charge in [-0.15, -0.1) is 0 Å². The SMILES string of the molecule is CC(C)Nc1ncc(-c2cc(N)cc(OC(=O)NCc3ccccc3)c2)n(CC(=O)O)c1=O. The van der Waals surface area contributed by atoms with E-state index in [4.69, 9.17) is 10.5 Å². The summed E-state index contributed by atoms with van der Waals surface area (Å²) in [6.45, 7) is 3.37. The van der Waals surface area contributed by atoms with Gasteiger partial charge in [-0.2, -0.15) is 0 Å². The van der Waals surface area contributed by atoms with Crippen molar-refractivity contribution in [1.29, 1.82) is 0 Å². The summed E-state index contributed by atoms with van der Waals surface area (Å²) in [4.78, 5) is 40.6. The summed E-state index contributed by atoms with van der Waals surface area (Å²) in [5.74, 6) is -1.02. The number of aliphatic carboxylic acids is 1. The molecule has 0 radical (unpaired) electrons. The lowest BCUT2D eigenvalue weighted by atomic mass is 10.1. The number of carboxylic acids is 1. The number of anilines is 2. The fourth-order valence-electron chi connectivity index (χ4n) is 3.13. The quantitative estimate of drug-likeness (QED) is 0.382.